The van der Waals surface area contributed by atoms with E-state index in [0.717, 1.165) is 0 Å². The molecule has 0 saturated carbocycles. The van der Waals surface area contributed by atoms with Crippen molar-refractivity contribution in [3.05, 3.63) is 74.0 Å². The van der Waals surface area contributed by atoms with Crippen LogP contribution in [0.25, 0.3) is 0 Å². The maximum absolute atomic E-state index is 7.50. The second kappa shape index (κ2) is 16.3. The first-order valence-corrected chi connectivity index (χ1v) is 3.68. The number of fused-ring (bicyclic) bond motifs is 1. The van der Waals surface area contributed by atoms with Crippen molar-refractivity contribution in [1.82, 2.24) is 0 Å². The molecule has 0 unspecified atom stereocenters. The van der Waals surface area contributed by atoms with Gasteiger partial charge in [-0.25, -0.2) is 0 Å². The Kier molecular flexibility index (Phi) is 20.6. The zero-order valence-electron chi connectivity index (χ0n) is 8.14. The molecular formula is C12H7O3Tc. The van der Waals surface area contributed by atoms with Crippen LogP contribution in [0.15, 0.2) is 48.1 Å². The summed E-state index contributed by atoms with van der Waals surface area (Å²) in [6, 6.07) is 0. The van der Waals surface area contributed by atoms with Gasteiger partial charge >= 0.3 is 33.9 Å². The van der Waals surface area contributed by atoms with Crippen molar-refractivity contribution in [3.63, 3.8) is 0 Å². The molecule has 2 aliphatic carbocycles. The summed E-state index contributed by atoms with van der Waals surface area (Å²) in [4.78, 5) is 0. The minimum Gasteiger partial charge on any atom is 0 e. The van der Waals surface area contributed by atoms with E-state index < -0.39 is 0 Å². The number of allylic oxidation sites excluding steroid dienone is 8. The Balaban J connectivity index is -0.000000214. The molecule has 0 aromatic carbocycles. The molecule has 80 valence electrons. The fourth-order valence-corrected chi connectivity index (χ4v) is 1.07. The maximum Gasteiger partial charge on any atom is 0 e. The van der Waals surface area contributed by atoms with Crippen LogP contribution >= 0.6 is 0 Å². The van der Waals surface area contributed by atoms with Gasteiger partial charge in [0.2, 0.25) is 0 Å². The molecule has 2 radical (unpaired) electrons. The number of rotatable bonds is 0. The monoisotopic (exact) mass is 296 g/mol. The van der Waals surface area contributed by atoms with Crippen molar-refractivity contribution in [2.24, 2.45) is 0 Å². The fourth-order valence-electron chi connectivity index (χ4n) is 1.07. The van der Waals surface area contributed by atoms with Crippen LogP contribution in [0.3, 0.4) is 0 Å². The van der Waals surface area contributed by atoms with Gasteiger partial charge in [-0.05, 0) is 5.57 Å². The van der Waals surface area contributed by atoms with Crippen LogP contribution in [-0.2, 0) is 34.1 Å². The van der Waals surface area contributed by atoms with E-state index in [1.807, 2.05) is 0 Å². The molecule has 0 heterocycles. The summed E-state index contributed by atoms with van der Waals surface area (Å²) in [5, 5.41) is 0. The van der Waals surface area contributed by atoms with Gasteiger partial charge in [-0.1, -0.05) is 42.5 Å². The van der Waals surface area contributed by atoms with Crippen molar-refractivity contribution < 1.29 is 34.1 Å². The average Bonchev–Trinajstić information content (AvgIpc) is 2.85. The van der Waals surface area contributed by atoms with Gasteiger partial charge in [0.15, 0.2) is 0 Å². The van der Waals surface area contributed by atoms with Crippen LogP contribution in [0.1, 0.15) is 0 Å². The summed E-state index contributed by atoms with van der Waals surface area (Å²) in [5.41, 5.74) is 1.33. The molecule has 0 aromatic heterocycles. The van der Waals surface area contributed by atoms with E-state index in [0.29, 0.717) is 0 Å². The summed E-state index contributed by atoms with van der Waals surface area (Å²) >= 11 is 0. The molecule has 0 bridgehead atoms. The van der Waals surface area contributed by atoms with Crippen LogP contribution < -0.4 is 0 Å². The van der Waals surface area contributed by atoms with E-state index in [9.17, 15) is 0 Å². The standard InChI is InChI=1S/C9H7.3CO.Tc/c1-2-5-9-7-3-6-8(9)4-1;3*1-2;/h1-7H;;;;. The first-order valence-electron chi connectivity index (χ1n) is 3.68. The van der Waals surface area contributed by atoms with Gasteiger partial charge in [0, 0.05) is 26.0 Å². The van der Waals surface area contributed by atoms with E-state index in [1.54, 1.807) is 0 Å². The summed E-state index contributed by atoms with van der Waals surface area (Å²) in [5.74, 6) is 1.33. The number of hydrogen-bond donors (Lipinski definition) is 0. The topological polar surface area (TPSA) is 59.7 Å². The minimum atomic E-state index is 0. The van der Waals surface area contributed by atoms with Gasteiger partial charge in [-0.3, -0.25) is 0 Å². The summed E-state index contributed by atoms with van der Waals surface area (Å²) < 4.78 is 22.5. The quantitative estimate of drug-likeness (QED) is 0.485. The van der Waals surface area contributed by atoms with Gasteiger partial charge < -0.3 is 0 Å². The minimum absolute atomic E-state index is 0. The van der Waals surface area contributed by atoms with E-state index in [-0.39, 0.29) is 20.1 Å². The van der Waals surface area contributed by atoms with Gasteiger partial charge in [-0.15, -0.1) is 0 Å². The summed E-state index contributed by atoms with van der Waals surface area (Å²) in [6.07, 6.45) is 14.7. The summed E-state index contributed by atoms with van der Waals surface area (Å²) in [7, 11) is 0. The van der Waals surface area contributed by atoms with E-state index >= 15 is 0 Å². The third kappa shape index (κ3) is 7.16. The Bertz CT molecular complexity index is 329. The Morgan fingerprint density at radius 1 is 0.688 bits per heavy atom. The largest absolute Gasteiger partial charge is 0 e. The predicted molar refractivity (Wildman–Crippen MR) is 50.5 cm³/mol. The van der Waals surface area contributed by atoms with E-state index in [4.69, 9.17) is 14.0 Å². The molecule has 16 heavy (non-hydrogen) atoms. The molecule has 0 spiro atoms. The maximum atomic E-state index is 7.50. The third-order valence-corrected chi connectivity index (χ3v) is 1.55. The first kappa shape index (κ1) is 20.3. The molecule has 0 N–H and O–H groups in total. The Morgan fingerprint density at radius 3 is 1.62 bits per heavy atom. The van der Waals surface area contributed by atoms with Gasteiger partial charge in [0.05, 0.1) is 0 Å². The van der Waals surface area contributed by atoms with Crippen molar-refractivity contribution in [1.29, 1.82) is 0 Å². The Labute approximate surface area is 108 Å². The normalized spacial score (nSPS) is 13.0. The van der Waals surface area contributed by atoms with Crippen molar-refractivity contribution in [2.45, 2.75) is 0 Å². The molecular weight excluding hydrogens is 290 g/mol. The van der Waals surface area contributed by atoms with Gasteiger partial charge in [-0.2, -0.15) is 0 Å². The smallest absolute Gasteiger partial charge is 0 e. The number of hydrogen-bond acceptors (Lipinski definition) is 0. The average molecular weight is 297 g/mol. The fraction of sp³-hybridized carbons (Fsp3) is 0. The van der Waals surface area contributed by atoms with Crippen LogP contribution in [0, 0.1) is 25.9 Å². The SMILES string of the molecule is C1=C[C]2C=CC=C2C=C1.[C-]#[O+].[C-]#[O+].[C-]#[O+].[Tc]. The van der Waals surface area contributed by atoms with Crippen molar-refractivity contribution in [3.8, 4) is 0 Å². The molecule has 2 rings (SSSR count). The van der Waals surface area contributed by atoms with Crippen molar-refractivity contribution in [2.75, 3.05) is 0 Å². The zero-order valence-corrected chi connectivity index (χ0v) is 10.0. The molecule has 0 amide bonds. The summed E-state index contributed by atoms with van der Waals surface area (Å²) in [6.45, 7) is 13.5. The van der Waals surface area contributed by atoms with Crippen LogP contribution in [0.5, 0.6) is 0 Å². The Hall–Kier alpha value is -1.17. The second-order valence-corrected chi connectivity index (χ2v) is 2.15. The predicted octanol–water partition coefficient (Wildman–Crippen LogP) is 2.07. The van der Waals surface area contributed by atoms with Crippen LogP contribution in [-0.4, -0.2) is 0 Å². The Morgan fingerprint density at radius 2 is 1.12 bits per heavy atom. The van der Waals surface area contributed by atoms with Gasteiger partial charge in [0.25, 0.3) is 0 Å². The van der Waals surface area contributed by atoms with Crippen LogP contribution in [0.4, 0.5) is 0 Å². The molecule has 0 aliphatic heterocycles. The molecule has 0 saturated heterocycles. The molecule has 0 atom stereocenters. The second-order valence-electron chi connectivity index (χ2n) is 2.15. The van der Waals surface area contributed by atoms with Gasteiger partial charge in [0.1, 0.15) is 0 Å². The zero-order chi connectivity index (χ0) is 12.1. The molecule has 0 aromatic rings. The molecule has 0 fully saturated rings. The van der Waals surface area contributed by atoms with E-state index in [1.165, 1.54) is 11.5 Å². The molecule has 3 nitrogen and oxygen atoms in total. The van der Waals surface area contributed by atoms with Crippen LogP contribution in [0.2, 0.25) is 0 Å². The van der Waals surface area contributed by atoms with Crippen molar-refractivity contribution >= 4 is 0 Å². The molecule has 2 aliphatic rings. The molecule has 4 heteroatoms. The first-order chi connectivity index (χ1) is 7.47. The third-order valence-electron chi connectivity index (χ3n) is 1.55. The van der Waals surface area contributed by atoms with E-state index in [2.05, 4.69) is 62.5 Å².